The Labute approximate surface area is 187 Å². The standard InChI is InChI=1S/C26H29F2NO3/c1-15(2)18-9-11-19(12-10-18)21-13-23(30)29(14-20-7-6-8-22(27)25(20)28)17(5)24(21)26(31)32-16(3)4/h6-12,15-16,21H,13-14H2,1-5H3. The summed E-state index contributed by atoms with van der Waals surface area (Å²) in [4.78, 5) is 27.5. The molecule has 0 radical (unpaired) electrons. The summed E-state index contributed by atoms with van der Waals surface area (Å²) in [5.41, 5.74) is 2.82. The summed E-state index contributed by atoms with van der Waals surface area (Å²) in [5, 5.41) is 0. The van der Waals surface area contributed by atoms with Crippen molar-refractivity contribution in [2.45, 2.75) is 65.5 Å². The summed E-state index contributed by atoms with van der Waals surface area (Å²) in [6.07, 6.45) is -0.295. The molecule has 0 fully saturated rings. The van der Waals surface area contributed by atoms with E-state index in [0.717, 1.165) is 17.2 Å². The first-order valence-corrected chi connectivity index (χ1v) is 10.8. The highest BCUT2D eigenvalue weighted by molar-refractivity contribution is 5.96. The lowest BCUT2D eigenvalue weighted by Gasteiger charge is -2.35. The van der Waals surface area contributed by atoms with Crippen molar-refractivity contribution in [3.05, 3.63) is 82.1 Å². The zero-order valence-electron chi connectivity index (χ0n) is 19.1. The van der Waals surface area contributed by atoms with Crippen molar-refractivity contribution < 1.29 is 23.1 Å². The van der Waals surface area contributed by atoms with Crippen molar-refractivity contribution in [2.75, 3.05) is 0 Å². The lowest BCUT2D eigenvalue weighted by Crippen LogP contribution is -2.38. The van der Waals surface area contributed by atoms with Gasteiger partial charge in [-0.3, -0.25) is 4.79 Å². The minimum Gasteiger partial charge on any atom is -0.460 e. The van der Waals surface area contributed by atoms with Crippen molar-refractivity contribution in [3.8, 4) is 0 Å². The predicted molar refractivity (Wildman–Crippen MR) is 119 cm³/mol. The first-order valence-electron chi connectivity index (χ1n) is 10.8. The monoisotopic (exact) mass is 441 g/mol. The van der Waals surface area contributed by atoms with Gasteiger partial charge < -0.3 is 9.64 Å². The molecule has 0 N–H and O–H groups in total. The van der Waals surface area contributed by atoms with E-state index in [0.29, 0.717) is 17.2 Å². The number of allylic oxidation sites excluding steroid dienone is 1. The van der Waals surface area contributed by atoms with E-state index in [1.807, 2.05) is 24.3 Å². The molecule has 0 saturated carbocycles. The van der Waals surface area contributed by atoms with E-state index in [2.05, 4.69) is 13.8 Å². The lowest BCUT2D eigenvalue weighted by atomic mass is 9.83. The fraction of sp³-hybridized carbons (Fsp3) is 0.385. The summed E-state index contributed by atoms with van der Waals surface area (Å²) in [6, 6.07) is 11.7. The number of nitrogens with zero attached hydrogens (tertiary/aromatic N) is 1. The quantitative estimate of drug-likeness (QED) is 0.530. The molecule has 0 aliphatic carbocycles. The van der Waals surface area contributed by atoms with Gasteiger partial charge in [-0.2, -0.15) is 0 Å². The third-order valence-corrected chi connectivity index (χ3v) is 5.75. The highest BCUT2D eigenvalue weighted by Crippen LogP contribution is 2.38. The van der Waals surface area contributed by atoms with Crippen LogP contribution in [0.5, 0.6) is 0 Å². The summed E-state index contributed by atoms with van der Waals surface area (Å²) in [5.74, 6) is -2.85. The van der Waals surface area contributed by atoms with Crippen LogP contribution >= 0.6 is 0 Å². The molecule has 1 aliphatic rings. The molecule has 1 aliphatic heterocycles. The largest absolute Gasteiger partial charge is 0.460 e. The smallest absolute Gasteiger partial charge is 0.336 e. The van der Waals surface area contributed by atoms with Gasteiger partial charge in [0.25, 0.3) is 0 Å². The SMILES string of the molecule is CC1=C(C(=O)OC(C)C)C(c2ccc(C(C)C)cc2)CC(=O)N1Cc1cccc(F)c1F. The van der Waals surface area contributed by atoms with Gasteiger partial charge in [-0.05, 0) is 43.9 Å². The Morgan fingerprint density at radius 2 is 1.75 bits per heavy atom. The molecule has 170 valence electrons. The average Bonchev–Trinajstić information content (AvgIpc) is 2.73. The number of benzene rings is 2. The van der Waals surface area contributed by atoms with E-state index >= 15 is 0 Å². The number of hydrogen-bond acceptors (Lipinski definition) is 3. The van der Waals surface area contributed by atoms with Crippen LogP contribution in [0.4, 0.5) is 8.78 Å². The Bertz CT molecular complexity index is 1040. The molecule has 4 nitrogen and oxygen atoms in total. The fourth-order valence-corrected chi connectivity index (χ4v) is 3.98. The molecule has 32 heavy (non-hydrogen) atoms. The van der Waals surface area contributed by atoms with Crippen LogP contribution in [0.1, 0.15) is 69.6 Å². The molecular formula is C26H29F2NO3. The van der Waals surface area contributed by atoms with Gasteiger partial charge in [0.15, 0.2) is 11.6 Å². The Balaban J connectivity index is 2.04. The summed E-state index contributed by atoms with van der Waals surface area (Å²) < 4.78 is 33.4. The van der Waals surface area contributed by atoms with Gasteiger partial charge in [-0.15, -0.1) is 0 Å². The number of carbonyl (C=O) groups is 2. The molecule has 2 aromatic carbocycles. The van der Waals surface area contributed by atoms with Crippen molar-refractivity contribution in [3.63, 3.8) is 0 Å². The number of esters is 1. The van der Waals surface area contributed by atoms with Crippen molar-refractivity contribution in [1.29, 1.82) is 0 Å². The molecule has 0 spiro atoms. The normalized spacial score (nSPS) is 16.8. The Morgan fingerprint density at radius 1 is 1.09 bits per heavy atom. The Morgan fingerprint density at radius 3 is 2.34 bits per heavy atom. The first kappa shape index (κ1) is 23.6. The van der Waals surface area contributed by atoms with Crippen molar-refractivity contribution in [2.24, 2.45) is 0 Å². The third-order valence-electron chi connectivity index (χ3n) is 5.75. The molecular weight excluding hydrogens is 412 g/mol. The van der Waals surface area contributed by atoms with Crippen LogP contribution in [0.25, 0.3) is 0 Å². The number of amides is 1. The van der Waals surface area contributed by atoms with Gasteiger partial charge in [-0.25, -0.2) is 13.6 Å². The van der Waals surface area contributed by atoms with Gasteiger partial charge in [-0.1, -0.05) is 50.2 Å². The van der Waals surface area contributed by atoms with Gasteiger partial charge in [0, 0.05) is 23.6 Å². The molecule has 0 bridgehead atoms. The number of hydrogen-bond donors (Lipinski definition) is 0. The Hall–Kier alpha value is -3.02. The van der Waals surface area contributed by atoms with Crippen LogP contribution in [0.3, 0.4) is 0 Å². The molecule has 1 amide bonds. The molecule has 3 rings (SSSR count). The van der Waals surface area contributed by atoms with Crippen LogP contribution in [0, 0.1) is 11.6 Å². The fourth-order valence-electron chi connectivity index (χ4n) is 3.98. The minimum atomic E-state index is -0.995. The maximum Gasteiger partial charge on any atom is 0.336 e. The second-order valence-electron chi connectivity index (χ2n) is 8.72. The van der Waals surface area contributed by atoms with Crippen LogP contribution in [-0.4, -0.2) is 22.9 Å². The van der Waals surface area contributed by atoms with Gasteiger partial charge in [0.05, 0.1) is 18.2 Å². The van der Waals surface area contributed by atoms with Gasteiger partial charge >= 0.3 is 5.97 Å². The number of rotatable bonds is 6. The maximum absolute atomic E-state index is 14.3. The number of carbonyl (C=O) groups excluding carboxylic acids is 2. The van der Waals surface area contributed by atoms with Gasteiger partial charge in [0.1, 0.15) is 0 Å². The number of ether oxygens (including phenoxy) is 1. The van der Waals surface area contributed by atoms with E-state index in [9.17, 15) is 18.4 Å². The van der Waals surface area contributed by atoms with E-state index in [4.69, 9.17) is 4.74 Å². The molecule has 1 atom stereocenters. The molecule has 2 aromatic rings. The van der Waals surface area contributed by atoms with Crippen LogP contribution < -0.4 is 0 Å². The maximum atomic E-state index is 14.3. The molecule has 6 heteroatoms. The molecule has 1 heterocycles. The van der Waals surface area contributed by atoms with Gasteiger partial charge in [0.2, 0.25) is 5.91 Å². The Kier molecular flexibility index (Phi) is 7.12. The second kappa shape index (κ2) is 9.63. The third kappa shape index (κ3) is 4.90. The zero-order chi connectivity index (χ0) is 23.6. The van der Waals surface area contributed by atoms with E-state index in [1.54, 1.807) is 20.8 Å². The second-order valence-corrected chi connectivity index (χ2v) is 8.72. The van der Waals surface area contributed by atoms with E-state index < -0.39 is 23.5 Å². The van der Waals surface area contributed by atoms with Crippen molar-refractivity contribution in [1.82, 2.24) is 4.90 Å². The van der Waals surface area contributed by atoms with E-state index in [1.165, 1.54) is 17.0 Å². The topological polar surface area (TPSA) is 46.6 Å². The molecule has 0 aromatic heterocycles. The lowest BCUT2D eigenvalue weighted by molar-refractivity contribution is -0.143. The molecule has 1 unspecified atom stereocenters. The van der Waals surface area contributed by atoms with Crippen LogP contribution in [0.2, 0.25) is 0 Å². The van der Waals surface area contributed by atoms with E-state index in [-0.39, 0.29) is 30.5 Å². The highest BCUT2D eigenvalue weighted by Gasteiger charge is 2.37. The van der Waals surface area contributed by atoms with Crippen molar-refractivity contribution >= 4 is 11.9 Å². The first-order chi connectivity index (χ1) is 15.1. The summed E-state index contributed by atoms with van der Waals surface area (Å²) >= 11 is 0. The summed E-state index contributed by atoms with van der Waals surface area (Å²) in [7, 11) is 0. The van der Waals surface area contributed by atoms with Crippen LogP contribution in [0.15, 0.2) is 53.7 Å². The van der Waals surface area contributed by atoms with Crippen LogP contribution in [-0.2, 0) is 20.9 Å². The zero-order valence-corrected chi connectivity index (χ0v) is 19.1. The number of halogens is 2. The predicted octanol–water partition coefficient (Wildman–Crippen LogP) is 5.83. The highest BCUT2D eigenvalue weighted by atomic mass is 19.2. The molecule has 0 saturated heterocycles. The summed E-state index contributed by atoms with van der Waals surface area (Å²) in [6.45, 7) is 9.20. The minimum absolute atomic E-state index is 0.0395. The average molecular weight is 442 g/mol.